The molecule has 2 aromatic carbocycles. The maximum absolute atomic E-state index is 13.3. The molecule has 2 saturated heterocycles. The zero-order valence-electron chi connectivity index (χ0n) is 19.9. The first-order chi connectivity index (χ1) is 17.3. The predicted octanol–water partition coefficient (Wildman–Crippen LogP) is 3.61. The molecular formula is C25H29Cl2N3O5S. The van der Waals surface area contributed by atoms with Crippen LogP contribution < -0.4 is 9.47 Å². The average molecular weight is 554 g/mol. The van der Waals surface area contributed by atoms with Crippen molar-refractivity contribution in [1.82, 2.24) is 14.1 Å². The van der Waals surface area contributed by atoms with Crippen LogP contribution in [0.3, 0.4) is 0 Å². The Balaban J connectivity index is 1.16. The lowest BCUT2D eigenvalue weighted by atomic mass is 9.97. The average Bonchev–Trinajstić information content (AvgIpc) is 3.34. The zero-order chi connectivity index (χ0) is 25.3. The second-order valence-electron chi connectivity index (χ2n) is 9.44. The van der Waals surface area contributed by atoms with E-state index in [1.807, 2.05) is 23.1 Å². The highest BCUT2D eigenvalue weighted by Crippen LogP contribution is 2.33. The Morgan fingerprint density at radius 2 is 1.69 bits per heavy atom. The van der Waals surface area contributed by atoms with Gasteiger partial charge in [0.25, 0.3) is 0 Å². The van der Waals surface area contributed by atoms with Crippen molar-refractivity contribution in [1.29, 1.82) is 0 Å². The van der Waals surface area contributed by atoms with E-state index >= 15 is 0 Å². The molecule has 0 spiro atoms. The second-order valence-corrected chi connectivity index (χ2v) is 12.2. The number of nitrogens with zero attached hydrogens (tertiary/aromatic N) is 3. The summed E-state index contributed by atoms with van der Waals surface area (Å²) in [6.45, 7) is 4.41. The lowest BCUT2D eigenvalue weighted by Gasteiger charge is -2.38. The first-order valence-corrected chi connectivity index (χ1v) is 14.5. The van der Waals surface area contributed by atoms with Crippen molar-refractivity contribution in [2.24, 2.45) is 5.92 Å². The van der Waals surface area contributed by atoms with Gasteiger partial charge in [0.1, 0.15) is 0 Å². The van der Waals surface area contributed by atoms with Gasteiger partial charge in [0.15, 0.2) is 11.5 Å². The van der Waals surface area contributed by atoms with Crippen LogP contribution in [0.1, 0.15) is 24.0 Å². The Morgan fingerprint density at radius 1 is 0.972 bits per heavy atom. The molecule has 1 atom stereocenters. The fourth-order valence-electron chi connectivity index (χ4n) is 5.02. The van der Waals surface area contributed by atoms with Gasteiger partial charge in [0.05, 0.1) is 11.7 Å². The Bertz CT molecular complexity index is 1210. The molecule has 8 nitrogen and oxygen atoms in total. The summed E-state index contributed by atoms with van der Waals surface area (Å²) in [7, 11) is -3.66. The molecule has 0 aromatic heterocycles. The van der Waals surface area contributed by atoms with E-state index in [9.17, 15) is 13.2 Å². The highest BCUT2D eigenvalue weighted by molar-refractivity contribution is 7.88. The Hall–Kier alpha value is -2.04. The Morgan fingerprint density at radius 3 is 2.44 bits per heavy atom. The number of carbonyl (C=O) groups excluding carboxylic acids is 1. The number of amides is 1. The number of halogens is 2. The predicted molar refractivity (Wildman–Crippen MR) is 138 cm³/mol. The van der Waals surface area contributed by atoms with Crippen molar-refractivity contribution in [3.63, 3.8) is 0 Å². The third kappa shape index (κ3) is 5.60. The fraction of sp³-hybridized carbons (Fsp3) is 0.480. The maximum atomic E-state index is 13.3. The van der Waals surface area contributed by atoms with E-state index in [-0.39, 0.29) is 30.9 Å². The SMILES string of the molecule is O=C([C@H]1CCCN(S(=O)(=O)Cc2c(Cl)cccc2Cl)C1)N1CCN(Cc2ccc3c(c2)OCO3)CC1. The van der Waals surface area contributed by atoms with Gasteiger partial charge in [0.2, 0.25) is 22.7 Å². The van der Waals surface area contributed by atoms with Gasteiger partial charge in [-0.2, -0.15) is 0 Å². The molecular weight excluding hydrogens is 525 g/mol. The van der Waals surface area contributed by atoms with Crippen molar-refractivity contribution in [2.75, 3.05) is 46.1 Å². The van der Waals surface area contributed by atoms with Gasteiger partial charge >= 0.3 is 0 Å². The molecule has 0 aliphatic carbocycles. The van der Waals surface area contributed by atoms with Crippen LogP contribution in [-0.2, 0) is 27.1 Å². The monoisotopic (exact) mass is 553 g/mol. The van der Waals surface area contributed by atoms with E-state index in [4.69, 9.17) is 32.7 Å². The molecule has 2 fully saturated rings. The summed E-state index contributed by atoms with van der Waals surface area (Å²) in [5, 5.41) is 0.656. The summed E-state index contributed by atoms with van der Waals surface area (Å²) in [4.78, 5) is 17.5. The minimum Gasteiger partial charge on any atom is -0.454 e. The molecule has 3 heterocycles. The lowest BCUT2D eigenvalue weighted by Crippen LogP contribution is -2.52. The van der Waals surface area contributed by atoms with Gasteiger partial charge in [0, 0.05) is 61.4 Å². The van der Waals surface area contributed by atoms with Gasteiger partial charge in [-0.05, 0) is 42.7 Å². The molecule has 11 heteroatoms. The van der Waals surface area contributed by atoms with E-state index in [1.165, 1.54) is 4.31 Å². The van der Waals surface area contributed by atoms with E-state index in [2.05, 4.69) is 4.90 Å². The van der Waals surface area contributed by atoms with Gasteiger partial charge in [-0.1, -0.05) is 35.3 Å². The Kier molecular flexibility index (Phi) is 7.65. The molecule has 2 aromatic rings. The minimum atomic E-state index is -3.66. The fourth-order valence-corrected chi connectivity index (χ4v) is 7.38. The third-order valence-electron chi connectivity index (χ3n) is 7.04. The van der Waals surface area contributed by atoms with Crippen molar-refractivity contribution in [3.8, 4) is 11.5 Å². The molecule has 36 heavy (non-hydrogen) atoms. The molecule has 1 amide bonds. The van der Waals surface area contributed by atoms with Crippen LogP contribution in [0.5, 0.6) is 11.5 Å². The summed E-state index contributed by atoms with van der Waals surface area (Å²) in [5.41, 5.74) is 1.54. The maximum Gasteiger partial charge on any atom is 0.231 e. The number of hydrogen-bond acceptors (Lipinski definition) is 6. The summed E-state index contributed by atoms with van der Waals surface area (Å²) in [6, 6.07) is 10.9. The molecule has 3 aliphatic rings. The second kappa shape index (κ2) is 10.8. The summed E-state index contributed by atoms with van der Waals surface area (Å²) >= 11 is 12.4. The van der Waals surface area contributed by atoms with E-state index in [0.717, 1.165) is 36.7 Å². The number of piperazine rings is 1. The van der Waals surface area contributed by atoms with Crippen LogP contribution >= 0.6 is 23.2 Å². The van der Waals surface area contributed by atoms with Gasteiger partial charge < -0.3 is 14.4 Å². The molecule has 0 saturated carbocycles. The molecule has 194 valence electrons. The van der Waals surface area contributed by atoms with Crippen LogP contribution in [-0.4, -0.2) is 74.5 Å². The number of rotatable bonds is 6. The third-order valence-corrected chi connectivity index (χ3v) is 9.52. The number of carbonyl (C=O) groups is 1. The Labute approximate surface area is 221 Å². The van der Waals surface area contributed by atoms with Gasteiger partial charge in [-0.15, -0.1) is 0 Å². The zero-order valence-corrected chi connectivity index (χ0v) is 22.2. The van der Waals surface area contributed by atoms with Crippen LogP contribution in [0.2, 0.25) is 10.0 Å². The lowest BCUT2D eigenvalue weighted by molar-refractivity contribution is -0.138. The topological polar surface area (TPSA) is 79.4 Å². The number of hydrogen-bond donors (Lipinski definition) is 0. The quantitative estimate of drug-likeness (QED) is 0.543. The normalized spacial score (nSPS) is 21.1. The van der Waals surface area contributed by atoms with Crippen LogP contribution in [0.4, 0.5) is 0 Å². The highest BCUT2D eigenvalue weighted by atomic mass is 35.5. The summed E-state index contributed by atoms with van der Waals surface area (Å²) < 4.78 is 38.6. The van der Waals surface area contributed by atoms with Crippen molar-refractivity contribution in [3.05, 3.63) is 57.6 Å². The van der Waals surface area contributed by atoms with Gasteiger partial charge in [-0.3, -0.25) is 9.69 Å². The highest BCUT2D eigenvalue weighted by Gasteiger charge is 2.35. The van der Waals surface area contributed by atoms with Crippen LogP contribution in [0.15, 0.2) is 36.4 Å². The largest absolute Gasteiger partial charge is 0.454 e. The molecule has 0 unspecified atom stereocenters. The van der Waals surface area contributed by atoms with Gasteiger partial charge in [-0.25, -0.2) is 12.7 Å². The van der Waals surface area contributed by atoms with E-state index < -0.39 is 10.0 Å². The van der Waals surface area contributed by atoms with Crippen molar-refractivity contribution < 1.29 is 22.7 Å². The molecule has 0 N–H and O–H groups in total. The first-order valence-electron chi connectivity index (χ1n) is 12.1. The number of sulfonamides is 1. The number of ether oxygens (including phenoxy) is 2. The molecule has 5 rings (SSSR count). The standard InChI is InChI=1S/C25H29Cl2N3O5S/c26-21-4-1-5-22(27)20(21)16-36(32,33)30-8-2-3-19(15-30)25(31)29-11-9-28(10-12-29)14-18-6-7-23-24(13-18)35-17-34-23/h1,4-7,13,19H,2-3,8-12,14-17H2/t19-/m0/s1. The number of benzene rings is 2. The van der Waals surface area contributed by atoms with E-state index in [1.54, 1.807) is 18.2 Å². The molecule has 3 aliphatic heterocycles. The van der Waals surface area contributed by atoms with Crippen LogP contribution in [0, 0.1) is 5.92 Å². The van der Waals surface area contributed by atoms with Crippen molar-refractivity contribution in [2.45, 2.75) is 25.1 Å². The minimum absolute atomic E-state index is 0.0356. The van der Waals surface area contributed by atoms with E-state index in [0.29, 0.717) is 48.1 Å². The smallest absolute Gasteiger partial charge is 0.231 e. The molecule has 0 bridgehead atoms. The van der Waals surface area contributed by atoms with Crippen LogP contribution in [0.25, 0.3) is 0 Å². The van der Waals surface area contributed by atoms with Crippen molar-refractivity contribution >= 4 is 39.1 Å². The molecule has 0 radical (unpaired) electrons. The summed E-state index contributed by atoms with van der Waals surface area (Å²) in [5.74, 6) is 0.969. The summed E-state index contributed by atoms with van der Waals surface area (Å²) in [6.07, 6.45) is 1.34. The first kappa shape index (κ1) is 25.6. The number of fused-ring (bicyclic) bond motifs is 1. The number of piperidine rings is 1.